The molecule has 1 N–H and O–H groups in total. The molecule has 8 heteroatoms. The Morgan fingerprint density at radius 1 is 0.933 bits per heavy atom. The normalized spacial score (nSPS) is 11.4. The molecule has 0 spiro atoms. The van der Waals surface area contributed by atoms with Crippen LogP contribution in [0.5, 0.6) is 0 Å². The van der Waals surface area contributed by atoms with Crippen molar-refractivity contribution in [2.45, 2.75) is 16.5 Å². The summed E-state index contributed by atoms with van der Waals surface area (Å²) in [6, 6.07) is 22.9. The number of hydrogen-bond acceptors (Lipinski definition) is 5. The van der Waals surface area contributed by atoms with Crippen molar-refractivity contribution in [3.05, 3.63) is 93.9 Å². The molecule has 30 heavy (non-hydrogen) atoms. The third kappa shape index (κ3) is 4.28. The molecule has 0 aliphatic rings. The number of rotatable bonds is 6. The molecule has 0 radical (unpaired) electrons. The van der Waals surface area contributed by atoms with Crippen molar-refractivity contribution >= 4 is 43.3 Å². The molecule has 0 saturated heterocycles. The van der Waals surface area contributed by atoms with Gasteiger partial charge in [0.05, 0.1) is 15.5 Å². The Kier molecular flexibility index (Phi) is 5.94. The number of halogens is 2. The molecule has 0 amide bonds. The maximum Gasteiger partial charge on any atom is 0.234 e. The van der Waals surface area contributed by atoms with E-state index in [9.17, 15) is 8.42 Å². The lowest BCUT2D eigenvalue weighted by Crippen LogP contribution is -2.07. The van der Waals surface area contributed by atoms with Gasteiger partial charge in [0.15, 0.2) is 0 Å². The predicted molar refractivity (Wildman–Crippen MR) is 120 cm³/mol. The topological polar surface area (TPSA) is 72.2 Å². The Balaban J connectivity index is 1.79. The molecule has 5 nitrogen and oxygen atoms in total. The molecule has 0 saturated carbocycles. The van der Waals surface area contributed by atoms with Gasteiger partial charge in [-0.2, -0.15) is 4.98 Å². The molecule has 0 fully saturated rings. The molecule has 0 aliphatic heterocycles. The first-order valence-corrected chi connectivity index (χ1v) is 11.6. The van der Waals surface area contributed by atoms with Gasteiger partial charge < -0.3 is 9.73 Å². The molecule has 3 aromatic carbocycles. The van der Waals surface area contributed by atoms with E-state index in [1.165, 1.54) is 12.1 Å². The van der Waals surface area contributed by atoms with E-state index in [0.29, 0.717) is 17.1 Å². The van der Waals surface area contributed by atoms with Gasteiger partial charge in [-0.25, -0.2) is 8.42 Å². The predicted octanol–water partition coefficient (Wildman–Crippen LogP) is 6.20. The summed E-state index contributed by atoms with van der Waals surface area (Å²) in [7, 11) is -3.92. The Bertz CT molecular complexity index is 1270. The number of oxazole rings is 1. The van der Waals surface area contributed by atoms with Gasteiger partial charge in [0.25, 0.3) is 0 Å². The first-order chi connectivity index (χ1) is 14.4. The summed E-state index contributed by atoms with van der Waals surface area (Å²) in [4.78, 5) is 4.43. The van der Waals surface area contributed by atoms with E-state index in [4.69, 9.17) is 16.0 Å². The average Bonchev–Trinajstić information content (AvgIpc) is 3.18. The van der Waals surface area contributed by atoms with Gasteiger partial charge in [0.2, 0.25) is 26.6 Å². The molecule has 1 aromatic heterocycles. The fourth-order valence-corrected chi connectivity index (χ4v) is 4.61. The van der Waals surface area contributed by atoms with Crippen molar-refractivity contribution in [3.63, 3.8) is 0 Å². The lowest BCUT2D eigenvalue weighted by atomic mass is 10.2. The number of sulfone groups is 1. The fraction of sp³-hybridized carbons (Fsp3) is 0.0455. The second-order valence-corrected chi connectivity index (χ2v) is 9.62. The Labute approximate surface area is 187 Å². The van der Waals surface area contributed by atoms with Crippen molar-refractivity contribution in [1.82, 2.24) is 4.98 Å². The monoisotopic (exact) mass is 502 g/mol. The largest absolute Gasteiger partial charge is 0.419 e. The minimum atomic E-state index is -3.92. The average molecular weight is 504 g/mol. The van der Waals surface area contributed by atoms with Crippen LogP contribution in [0.1, 0.15) is 5.56 Å². The van der Waals surface area contributed by atoms with Crippen molar-refractivity contribution < 1.29 is 12.8 Å². The van der Waals surface area contributed by atoms with Gasteiger partial charge in [-0.1, -0.05) is 70.0 Å². The number of nitrogens with one attached hydrogen (secondary N) is 1. The van der Waals surface area contributed by atoms with Crippen LogP contribution in [-0.4, -0.2) is 13.4 Å². The maximum absolute atomic E-state index is 13.3. The first-order valence-electron chi connectivity index (χ1n) is 8.99. The van der Waals surface area contributed by atoms with Crippen molar-refractivity contribution in [2.75, 3.05) is 5.32 Å². The summed E-state index contributed by atoms with van der Waals surface area (Å²) < 4.78 is 33.2. The Morgan fingerprint density at radius 2 is 1.60 bits per heavy atom. The van der Waals surface area contributed by atoms with Gasteiger partial charge in [-0.15, -0.1) is 0 Å². The van der Waals surface area contributed by atoms with E-state index in [2.05, 4.69) is 26.2 Å². The highest BCUT2D eigenvalue weighted by molar-refractivity contribution is 9.10. The van der Waals surface area contributed by atoms with Crippen LogP contribution in [0.2, 0.25) is 5.02 Å². The van der Waals surface area contributed by atoms with Crippen LogP contribution in [0.3, 0.4) is 0 Å². The number of nitrogens with zero attached hydrogens (tertiary/aromatic N) is 1. The van der Waals surface area contributed by atoms with Crippen LogP contribution in [0, 0.1) is 0 Å². The van der Waals surface area contributed by atoms with Crippen LogP contribution in [-0.2, 0) is 16.4 Å². The highest BCUT2D eigenvalue weighted by Crippen LogP contribution is 2.35. The highest BCUT2D eigenvalue weighted by atomic mass is 79.9. The van der Waals surface area contributed by atoms with Gasteiger partial charge >= 0.3 is 0 Å². The second-order valence-electron chi connectivity index (χ2n) is 6.43. The van der Waals surface area contributed by atoms with Gasteiger partial charge in [-0.3, -0.25) is 0 Å². The number of anilines is 1. The standard InChI is InChI=1S/C22H16BrClN2O3S/c23-16-10-12-17(13-11-16)30(27,28)22-21(25-14-15-6-2-1-3-7-15)29-20(26-22)18-8-4-5-9-19(18)24/h1-13,25H,14H2. The third-order valence-corrected chi connectivity index (χ3v) is 6.91. The number of benzene rings is 3. The van der Waals surface area contributed by atoms with E-state index < -0.39 is 9.84 Å². The third-order valence-electron chi connectivity index (χ3n) is 4.37. The molecule has 0 aliphatic carbocycles. The van der Waals surface area contributed by atoms with Crippen molar-refractivity contribution in [1.29, 1.82) is 0 Å². The van der Waals surface area contributed by atoms with Gasteiger partial charge in [0.1, 0.15) is 0 Å². The summed E-state index contributed by atoms with van der Waals surface area (Å²) in [6.45, 7) is 0.376. The first kappa shape index (κ1) is 20.7. The van der Waals surface area contributed by atoms with Crippen LogP contribution >= 0.6 is 27.5 Å². The summed E-state index contributed by atoms with van der Waals surface area (Å²) in [6.07, 6.45) is 0. The lowest BCUT2D eigenvalue weighted by Gasteiger charge is -2.06. The highest BCUT2D eigenvalue weighted by Gasteiger charge is 2.29. The van der Waals surface area contributed by atoms with E-state index in [-0.39, 0.29) is 21.7 Å². The zero-order valence-electron chi connectivity index (χ0n) is 15.5. The minimum Gasteiger partial charge on any atom is -0.419 e. The van der Waals surface area contributed by atoms with E-state index >= 15 is 0 Å². The molecule has 0 bridgehead atoms. The molecular formula is C22H16BrClN2O3S. The second kappa shape index (κ2) is 8.63. The summed E-state index contributed by atoms with van der Waals surface area (Å²) in [5, 5.41) is 3.30. The quantitative estimate of drug-likeness (QED) is 0.339. The van der Waals surface area contributed by atoms with Gasteiger partial charge in [-0.05, 0) is 42.0 Å². The lowest BCUT2D eigenvalue weighted by molar-refractivity contribution is 0.577. The molecule has 0 unspecified atom stereocenters. The van der Waals surface area contributed by atoms with Crippen LogP contribution < -0.4 is 5.32 Å². The van der Waals surface area contributed by atoms with E-state index in [1.54, 1.807) is 36.4 Å². The SMILES string of the molecule is O=S(=O)(c1ccc(Br)cc1)c1nc(-c2ccccc2Cl)oc1NCc1ccccc1. The van der Waals surface area contributed by atoms with Gasteiger partial charge in [0, 0.05) is 11.0 Å². The minimum absolute atomic E-state index is 0.0664. The molecule has 4 aromatic rings. The maximum atomic E-state index is 13.3. The van der Waals surface area contributed by atoms with Crippen LogP contribution in [0.4, 0.5) is 5.88 Å². The Morgan fingerprint density at radius 3 is 2.30 bits per heavy atom. The fourth-order valence-electron chi connectivity index (χ4n) is 2.85. The molecule has 0 atom stereocenters. The van der Waals surface area contributed by atoms with Crippen molar-refractivity contribution in [3.8, 4) is 11.5 Å². The zero-order valence-corrected chi connectivity index (χ0v) is 18.7. The molecule has 1 heterocycles. The number of aromatic nitrogens is 1. The summed E-state index contributed by atoms with van der Waals surface area (Å²) in [5.74, 6) is 0.198. The zero-order chi connectivity index (χ0) is 21.1. The summed E-state index contributed by atoms with van der Waals surface area (Å²) >= 11 is 9.59. The van der Waals surface area contributed by atoms with Crippen molar-refractivity contribution in [2.24, 2.45) is 0 Å². The Hall–Kier alpha value is -2.61. The van der Waals surface area contributed by atoms with Crippen LogP contribution in [0.25, 0.3) is 11.5 Å². The molecule has 152 valence electrons. The number of hydrogen-bond donors (Lipinski definition) is 1. The molecular weight excluding hydrogens is 488 g/mol. The summed E-state index contributed by atoms with van der Waals surface area (Å²) in [5.41, 5.74) is 1.49. The van der Waals surface area contributed by atoms with Crippen LogP contribution in [0.15, 0.2) is 97.7 Å². The molecule has 4 rings (SSSR count). The smallest absolute Gasteiger partial charge is 0.234 e. The van der Waals surface area contributed by atoms with E-state index in [0.717, 1.165) is 10.0 Å². The van der Waals surface area contributed by atoms with E-state index in [1.807, 2.05) is 30.3 Å².